The highest BCUT2D eigenvalue weighted by Crippen LogP contribution is 2.40. The highest BCUT2D eigenvalue weighted by molar-refractivity contribution is 5.71. The lowest BCUT2D eigenvalue weighted by Crippen LogP contribution is -2.26. The van der Waals surface area contributed by atoms with Crippen LogP contribution < -0.4 is 0 Å². The summed E-state index contributed by atoms with van der Waals surface area (Å²) in [6.45, 7) is 0. The first-order valence-electron chi connectivity index (χ1n) is 10.8. The van der Waals surface area contributed by atoms with Gasteiger partial charge in [0.05, 0.1) is 6.04 Å². The predicted octanol–water partition coefficient (Wildman–Crippen LogP) is 7.23. The summed E-state index contributed by atoms with van der Waals surface area (Å²) in [5.74, 6) is 0.387. The molecule has 0 radical (unpaired) electrons. The van der Waals surface area contributed by atoms with Crippen molar-refractivity contribution in [3.8, 4) is 0 Å². The molecule has 2 aliphatic rings. The quantitative estimate of drug-likeness (QED) is 0.455. The van der Waals surface area contributed by atoms with Crippen molar-refractivity contribution in [2.45, 2.75) is 24.8 Å². The van der Waals surface area contributed by atoms with Crippen molar-refractivity contribution >= 4 is 11.6 Å². The Hall–Kier alpha value is -3.32. The molecule has 0 amide bonds. The van der Waals surface area contributed by atoms with Crippen molar-refractivity contribution in [1.29, 1.82) is 0 Å². The smallest absolute Gasteiger partial charge is 0.0579 e. The molecule has 0 saturated heterocycles. The van der Waals surface area contributed by atoms with E-state index in [1.807, 2.05) is 0 Å². The first-order chi connectivity index (χ1) is 14.8. The second-order valence-electron chi connectivity index (χ2n) is 8.24. The summed E-state index contributed by atoms with van der Waals surface area (Å²) in [6.07, 6.45) is 11.5. The van der Waals surface area contributed by atoms with Gasteiger partial charge >= 0.3 is 0 Å². The molecule has 0 N–H and O–H groups in total. The van der Waals surface area contributed by atoms with E-state index in [1.54, 1.807) is 0 Å². The van der Waals surface area contributed by atoms with Gasteiger partial charge in [-0.25, -0.2) is 0 Å². The largest absolute Gasteiger partial charge is 0.367 e. The van der Waals surface area contributed by atoms with Gasteiger partial charge in [-0.2, -0.15) is 0 Å². The molecule has 30 heavy (non-hydrogen) atoms. The van der Waals surface area contributed by atoms with Crippen molar-refractivity contribution in [2.24, 2.45) is 0 Å². The molecule has 0 heterocycles. The van der Waals surface area contributed by atoms with Gasteiger partial charge in [0.15, 0.2) is 0 Å². The molecular formula is C29H27N. The molecular weight excluding hydrogens is 362 g/mol. The Labute approximate surface area is 179 Å². The first-order valence-corrected chi connectivity index (χ1v) is 10.8. The highest BCUT2D eigenvalue weighted by Gasteiger charge is 2.25. The third-order valence-electron chi connectivity index (χ3n) is 6.39. The molecule has 0 spiro atoms. The van der Waals surface area contributed by atoms with Crippen LogP contribution in [0.4, 0.5) is 0 Å². The highest BCUT2D eigenvalue weighted by atomic mass is 15.1. The number of hydrogen-bond acceptors (Lipinski definition) is 1. The Balaban J connectivity index is 1.54. The zero-order chi connectivity index (χ0) is 20.3. The molecule has 3 aromatic carbocycles. The topological polar surface area (TPSA) is 3.24 Å². The summed E-state index contributed by atoms with van der Waals surface area (Å²) < 4.78 is 0. The lowest BCUT2D eigenvalue weighted by atomic mass is 9.83. The summed E-state index contributed by atoms with van der Waals surface area (Å²) in [4.78, 5) is 2.47. The van der Waals surface area contributed by atoms with Gasteiger partial charge in [0.2, 0.25) is 0 Å². The van der Waals surface area contributed by atoms with Gasteiger partial charge in [-0.05, 0) is 46.7 Å². The van der Waals surface area contributed by atoms with Crippen LogP contribution in [0, 0.1) is 0 Å². The minimum Gasteiger partial charge on any atom is -0.367 e. The van der Waals surface area contributed by atoms with Crippen LogP contribution in [0.2, 0.25) is 0 Å². The van der Waals surface area contributed by atoms with E-state index < -0.39 is 0 Å². The van der Waals surface area contributed by atoms with Gasteiger partial charge in [-0.3, -0.25) is 0 Å². The zero-order valence-electron chi connectivity index (χ0n) is 17.4. The van der Waals surface area contributed by atoms with E-state index in [0.29, 0.717) is 12.0 Å². The molecule has 2 atom stereocenters. The van der Waals surface area contributed by atoms with E-state index in [4.69, 9.17) is 0 Å². The van der Waals surface area contributed by atoms with Crippen LogP contribution in [0.25, 0.3) is 11.6 Å². The van der Waals surface area contributed by atoms with Crippen LogP contribution in [0.3, 0.4) is 0 Å². The molecule has 0 bridgehead atoms. The Kier molecular flexibility index (Phi) is 5.11. The minimum absolute atomic E-state index is 0.361. The van der Waals surface area contributed by atoms with E-state index in [2.05, 4.69) is 121 Å². The third kappa shape index (κ3) is 3.64. The second kappa shape index (κ2) is 8.20. The fourth-order valence-corrected chi connectivity index (χ4v) is 4.74. The average molecular weight is 390 g/mol. The lowest BCUT2D eigenvalue weighted by Gasteiger charge is -2.36. The monoisotopic (exact) mass is 389 g/mol. The Morgan fingerprint density at radius 1 is 0.800 bits per heavy atom. The maximum Gasteiger partial charge on any atom is 0.0579 e. The normalized spacial score (nSPS) is 20.2. The molecule has 2 unspecified atom stereocenters. The van der Waals surface area contributed by atoms with Crippen LogP contribution in [0.15, 0.2) is 109 Å². The Morgan fingerprint density at radius 3 is 2.30 bits per heavy atom. The second-order valence-corrected chi connectivity index (χ2v) is 8.24. The first kappa shape index (κ1) is 18.7. The molecule has 1 nitrogen and oxygen atoms in total. The molecule has 2 aliphatic carbocycles. The fourth-order valence-electron chi connectivity index (χ4n) is 4.74. The van der Waals surface area contributed by atoms with Crippen molar-refractivity contribution < 1.29 is 0 Å². The molecule has 1 heteroatoms. The number of benzene rings is 3. The maximum absolute atomic E-state index is 2.47. The Bertz CT molecular complexity index is 1110. The Morgan fingerprint density at radius 2 is 1.50 bits per heavy atom. The van der Waals surface area contributed by atoms with Crippen molar-refractivity contribution in [3.05, 3.63) is 131 Å². The van der Waals surface area contributed by atoms with Crippen molar-refractivity contribution in [1.82, 2.24) is 4.90 Å². The van der Waals surface area contributed by atoms with E-state index in [-0.39, 0.29) is 0 Å². The number of nitrogens with zero attached hydrogens (tertiary/aromatic N) is 1. The molecule has 5 rings (SSSR count). The van der Waals surface area contributed by atoms with E-state index in [9.17, 15) is 0 Å². The van der Waals surface area contributed by atoms with Crippen molar-refractivity contribution in [3.63, 3.8) is 0 Å². The zero-order valence-corrected chi connectivity index (χ0v) is 17.4. The molecule has 0 saturated carbocycles. The van der Waals surface area contributed by atoms with Crippen LogP contribution in [-0.4, -0.2) is 11.9 Å². The van der Waals surface area contributed by atoms with Crippen LogP contribution >= 0.6 is 0 Å². The van der Waals surface area contributed by atoms with E-state index >= 15 is 0 Å². The average Bonchev–Trinajstić information content (AvgIpc) is 2.84. The summed E-state index contributed by atoms with van der Waals surface area (Å²) in [7, 11) is 2.25. The molecule has 148 valence electrons. The minimum atomic E-state index is 0.361. The van der Waals surface area contributed by atoms with Gasteiger partial charge in [0.25, 0.3) is 0 Å². The molecule has 0 aromatic heterocycles. The van der Waals surface area contributed by atoms with Gasteiger partial charge in [-0.1, -0.05) is 103 Å². The standard InChI is InChI=1S/C29H27N/c1-30(29-18-10-16-24-15-8-9-17-28(24)29)27-20-25(22-11-4-2-5-12-22)19-26(21-27)23-13-6-3-7-14-23/h2-17,20-21,25,29H,18-19H2,1H3. The van der Waals surface area contributed by atoms with Gasteiger partial charge in [0.1, 0.15) is 0 Å². The lowest BCUT2D eigenvalue weighted by molar-refractivity contribution is 0.315. The number of hydrogen-bond donors (Lipinski definition) is 0. The number of rotatable bonds is 4. The molecule has 0 aliphatic heterocycles. The molecule has 3 aromatic rings. The summed E-state index contributed by atoms with van der Waals surface area (Å²) >= 11 is 0. The summed E-state index contributed by atoms with van der Waals surface area (Å²) in [5.41, 5.74) is 8.18. The van der Waals surface area contributed by atoms with Gasteiger partial charge < -0.3 is 4.90 Å². The summed E-state index contributed by atoms with van der Waals surface area (Å²) in [5, 5.41) is 0. The molecule has 0 fully saturated rings. The van der Waals surface area contributed by atoms with Gasteiger partial charge in [0, 0.05) is 18.7 Å². The van der Waals surface area contributed by atoms with Crippen LogP contribution in [-0.2, 0) is 0 Å². The van der Waals surface area contributed by atoms with E-state index in [0.717, 1.165) is 12.8 Å². The van der Waals surface area contributed by atoms with Gasteiger partial charge in [-0.15, -0.1) is 0 Å². The SMILES string of the molecule is CN(C1=CC(c2ccccc2)CC(c2ccccc2)=C1)C1CC=Cc2ccccc21. The fraction of sp³-hybridized carbons (Fsp3) is 0.172. The predicted molar refractivity (Wildman–Crippen MR) is 127 cm³/mol. The number of allylic oxidation sites excluding steroid dienone is 3. The summed E-state index contributed by atoms with van der Waals surface area (Å²) in [6, 6.07) is 30.9. The van der Waals surface area contributed by atoms with Crippen LogP contribution in [0.5, 0.6) is 0 Å². The maximum atomic E-state index is 2.47. The number of likely N-dealkylation sites (N-methyl/N-ethyl adjacent to an activating group) is 1. The van der Waals surface area contributed by atoms with E-state index in [1.165, 1.54) is 33.5 Å². The third-order valence-corrected chi connectivity index (χ3v) is 6.39. The number of fused-ring (bicyclic) bond motifs is 1. The van der Waals surface area contributed by atoms with Crippen molar-refractivity contribution in [2.75, 3.05) is 7.05 Å². The van der Waals surface area contributed by atoms with Crippen LogP contribution in [0.1, 0.15) is 47.1 Å².